The summed E-state index contributed by atoms with van der Waals surface area (Å²) < 4.78 is 28.6. The Kier molecular flexibility index (Phi) is 6.16. The maximum absolute atomic E-state index is 12.9. The first-order valence-electron chi connectivity index (χ1n) is 10.9. The van der Waals surface area contributed by atoms with E-state index in [0.717, 1.165) is 37.2 Å². The summed E-state index contributed by atoms with van der Waals surface area (Å²) in [5.41, 5.74) is 2.93. The number of likely N-dealkylation sites (tertiary alicyclic amines) is 1. The van der Waals surface area contributed by atoms with Crippen LogP contribution in [0.3, 0.4) is 0 Å². The van der Waals surface area contributed by atoms with E-state index in [9.17, 15) is 13.2 Å². The number of amides is 1. The average molecular weight is 462 g/mol. The Hall–Kier alpha value is -1.90. The number of sulfonamides is 1. The molecule has 8 heteroatoms. The highest BCUT2D eigenvalue weighted by molar-refractivity contribution is 7.89. The van der Waals surface area contributed by atoms with Crippen LogP contribution in [0.4, 0.5) is 5.69 Å². The number of aryl methyl sites for hydroxylation is 1. The Morgan fingerprint density at radius 2 is 1.94 bits per heavy atom. The SMILES string of the molecule is Cc1ccsc1CCNS(=O)(=O)c1ccc2c(c1)C(C)(C)CN2CC(=O)N1CCCC1. The highest BCUT2D eigenvalue weighted by Gasteiger charge is 2.37. The fourth-order valence-electron chi connectivity index (χ4n) is 4.56. The number of nitrogens with one attached hydrogen (secondary N) is 1. The van der Waals surface area contributed by atoms with Gasteiger partial charge in [0.2, 0.25) is 15.9 Å². The molecule has 0 atom stereocenters. The Morgan fingerprint density at radius 1 is 1.19 bits per heavy atom. The second-order valence-corrected chi connectivity index (χ2v) is 11.9. The van der Waals surface area contributed by atoms with Crippen molar-refractivity contribution in [2.24, 2.45) is 0 Å². The van der Waals surface area contributed by atoms with Crippen LogP contribution in [-0.4, -0.2) is 51.9 Å². The lowest BCUT2D eigenvalue weighted by Gasteiger charge is -2.24. The number of carbonyl (C=O) groups is 1. The molecule has 2 aromatic rings. The molecule has 31 heavy (non-hydrogen) atoms. The summed E-state index contributed by atoms with van der Waals surface area (Å²) in [4.78, 5) is 18.2. The molecule has 6 nitrogen and oxygen atoms in total. The van der Waals surface area contributed by atoms with Crippen molar-refractivity contribution < 1.29 is 13.2 Å². The van der Waals surface area contributed by atoms with Crippen LogP contribution in [0.1, 0.15) is 42.7 Å². The zero-order valence-electron chi connectivity index (χ0n) is 18.5. The summed E-state index contributed by atoms with van der Waals surface area (Å²) in [5, 5.41) is 2.03. The van der Waals surface area contributed by atoms with E-state index in [0.29, 0.717) is 26.1 Å². The lowest BCUT2D eigenvalue weighted by Crippen LogP contribution is -2.40. The van der Waals surface area contributed by atoms with Crippen LogP contribution >= 0.6 is 11.3 Å². The smallest absolute Gasteiger partial charge is 0.242 e. The summed E-state index contributed by atoms with van der Waals surface area (Å²) in [6.07, 6.45) is 2.84. The lowest BCUT2D eigenvalue weighted by molar-refractivity contribution is -0.128. The third-order valence-electron chi connectivity index (χ3n) is 6.33. The molecule has 2 aliphatic rings. The van der Waals surface area contributed by atoms with E-state index in [1.807, 2.05) is 23.3 Å². The van der Waals surface area contributed by atoms with Crippen molar-refractivity contribution >= 4 is 33.0 Å². The van der Waals surface area contributed by atoms with Crippen LogP contribution in [0.15, 0.2) is 34.5 Å². The van der Waals surface area contributed by atoms with E-state index in [-0.39, 0.29) is 16.2 Å². The number of anilines is 1. The van der Waals surface area contributed by atoms with Crippen molar-refractivity contribution in [3.63, 3.8) is 0 Å². The van der Waals surface area contributed by atoms with Gasteiger partial charge in [-0.3, -0.25) is 4.79 Å². The number of rotatable bonds is 7. The van der Waals surface area contributed by atoms with Crippen LogP contribution < -0.4 is 9.62 Å². The van der Waals surface area contributed by atoms with Crippen LogP contribution in [0, 0.1) is 6.92 Å². The number of benzene rings is 1. The van der Waals surface area contributed by atoms with Gasteiger partial charge in [0.05, 0.1) is 11.4 Å². The highest BCUT2D eigenvalue weighted by Crippen LogP contribution is 2.41. The van der Waals surface area contributed by atoms with Crippen LogP contribution in [-0.2, 0) is 26.7 Å². The molecule has 1 fully saturated rings. The first-order valence-corrected chi connectivity index (χ1v) is 13.2. The quantitative estimate of drug-likeness (QED) is 0.687. The molecule has 168 valence electrons. The molecule has 1 saturated heterocycles. The molecule has 1 aromatic heterocycles. The van der Waals surface area contributed by atoms with Crippen molar-refractivity contribution in [1.82, 2.24) is 9.62 Å². The topological polar surface area (TPSA) is 69.7 Å². The minimum Gasteiger partial charge on any atom is -0.361 e. The summed E-state index contributed by atoms with van der Waals surface area (Å²) in [7, 11) is -3.59. The Balaban J connectivity index is 1.48. The molecule has 0 saturated carbocycles. The summed E-state index contributed by atoms with van der Waals surface area (Å²) in [6, 6.07) is 7.36. The largest absolute Gasteiger partial charge is 0.361 e. The number of nitrogens with zero attached hydrogens (tertiary/aromatic N) is 2. The molecule has 1 aromatic carbocycles. The van der Waals surface area contributed by atoms with Gasteiger partial charge >= 0.3 is 0 Å². The molecule has 1 N–H and O–H groups in total. The second kappa shape index (κ2) is 8.56. The van der Waals surface area contributed by atoms with Gasteiger partial charge in [0, 0.05) is 42.2 Å². The van der Waals surface area contributed by atoms with Gasteiger partial charge in [-0.25, -0.2) is 13.1 Å². The minimum absolute atomic E-state index is 0.156. The fraction of sp³-hybridized carbons (Fsp3) is 0.522. The predicted octanol–water partition coefficient (Wildman–Crippen LogP) is 3.30. The van der Waals surface area contributed by atoms with E-state index >= 15 is 0 Å². The molecule has 0 aliphatic carbocycles. The molecule has 0 radical (unpaired) electrons. The maximum Gasteiger partial charge on any atom is 0.242 e. The van der Waals surface area contributed by atoms with Crippen molar-refractivity contribution in [3.8, 4) is 0 Å². The van der Waals surface area contributed by atoms with Crippen LogP contribution in [0.25, 0.3) is 0 Å². The summed E-state index contributed by atoms with van der Waals surface area (Å²) in [5.74, 6) is 0.156. The Bertz CT molecular complexity index is 1070. The van der Waals surface area contributed by atoms with Crippen molar-refractivity contribution in [2.45, 2.75) is 50.3 Å². The molecule has 3 heterocycles. The van der Waals surface area contributed by atoms with E-state index in [4.69, 9.17) is 0 Å². The van der Waals surface area contributed by atoms with Gasteiger partial charge in [0.1, 0.15) is 0 Å². The maximum atomic E-state index is 12.9. The Labute approximate surface area is 189 Å². The predicted molar refractivity (Wildman–Crippen MR) is 125 cm³/mol. The van der Waals surface area contributed by atoms with E-state index < -0.39 is 10.0 Å². The molecular weight excluding hydrogens is 430 g/mol. The summed E-state index contributed by atoms with van der Waals surface area (Å²) in [6.45, 7) is 9.37. The van der Waals surface area contributed by atoms with Crippen molar-refractivity contribution in [3.05, 3.63) is 45.6 Å². The van der Waals surface area contributed by atoms with E-state index in [1.165, 1.54) is 10.4 Å². The first-order chi connectivity index (χ1) is 14.7. The monoisotopic (exact) mass is 461 g/mol. The van der Waals surface area contributed by atoms with Gasteiger partial charge in [-0.15, -0.1) is 11.3 Å². The zero-order valence-corrected chi connectivity index (χ0v) is 20.1. The van der Waals surface area contributed by atoms with Crippen LogP contribution in [0.2, 0.25) is 0 Å². The third-order valence-corrected chi connectivity index (χ3v) is 8.87. The highest BCUT2D eigenvalue weighted by atomic mass is 32.2. The molecule has 0 bridgehead atoms. The van der Waals surface area contributed by atoms with Gasteiger partial charge in [-0.2, -0.15) is 0 Å². The number of carbonyl (C=O) groups excluding carboxylic acids is 1. The molecular formula is C23H31N3O3S2. The normalized spacial score (nSPS) is 17.9. The van der Waals surface area contributed by atoms with Crippen LogP contribution in [0.5, 0.6) is 0 Å². The van der Waals surface area contributed by atoms with Gasteiger partial charge in [-0.05, 0) is 67.0 Å². The van der Waals surface area contributed by atoms with Gasteiger partial charge in [0.25, 0.3) is 0 Å². The van der Waals surface area contributed by atoms with Gasteiger partial charge in [-0.1, -0.05) is 13.8 Å². The molecule has 2 aliphatic heterocycles. The number of fused-ring (bicyclic) bond motifs is 1. The fourth-order valence-corrected chi connectivity index (χ4v) is 6.53. The number of hydrogen-bond donors (Lipinski definition) is 1. The molecule has 0 unspecified atom stereocenters. The summed E-state index contributed by atoms with van der Waals surface area (Å²) >= 11 is 1.65. The number of hydrogen-bond acceptors (Lipinski definition) is 5. The van der Waals surface area contributed by atoms with Crippen molar-refractivity contribution in [2.75, 3.05) is 37.6 Å². The molecule has 1 amide bonds. The molecule has 0 spiro atoms. The third kappa shape index (κ3) is 4.66. The van der Waals surface area contributed by atoms with E-state index in [1.54, 1.807) is 23.5 Å². The Morgan fingerprint density at radius 3 is 2.61 bits per heavy atom. The zero-order chi connectivity index (χ0) is 22.2. The first kappa shape index (κ1) is 22.3. The lowest BCUT2D eigenvalue weighted by atomic mass is 9.87. The van der Waals surface area contributed by atoms with Crippen molar-refractivity contribution in [1.29, 1.82) is 0 Å². The average Bonchev–Trinajstić information content (AvgIpc) is 3.43. The van der Waals surface area contributed by atoms with Gasteiger partial charge < -0.3 is 9.80 Å². The molecule has 4 rings (SSSR count). The minimum atomic E-state index is -3.59. The standard InChI is InChI=1S/C23H31N3O3S2/c1-17-9-13-30-21(17)8-10-24-31(28,29)18-6-7-20-19(14-18)23(2,3)16-26(20)15-22(27)25-11-4-5-12-25/h6-7,9,13-14,24H,4-5,8,10-12,15-16H2,1-3H3. The number of thiophene rings is 1. The second-order valence-electron chi connectivity index (χ2n) is 9.18. The van der Waals surface area contributed by atoms with Gasteiger partial charge in [0.15, 0.2) is 0 Å². The van der Waals surface area contributed by atoms with E-state index in [2.05, 4.69) is 29.5 Å².